The second kappa shape index (κ2) is 9.29. The Morgan fingerprint density at radius 3 is 2.31 bits per heavy atom. The van der Waals surface area contributed by atoms with E-state index in [0.29, 0.717) is 11.6 Å². The zero-order chi connectivity index (χ0) is 26.0. The number of halogens is 3. The van der Waals surface area contributed by atoms with Crippen molar-refractivity contribution >= 4 is 29.3 Å². The first kappa shape index (κ1) is 24.1. The van der Waals surface area contributed by atoms with Gasteiger partial charge in [0.15, 0.2) is 5.70 Å². The average molecular weight is 499 g/mol. The van der Waals surface area contributed by atoms with Gasteiger partial charge in [-0.1, -0.05) is 30.3 Å². The van der Waals surface area contributed by atoms with Crippen molar-refractivity contribution < 1.29 is 37.3 Å². The van der Waals surface area contributed by atoms with Gasteiger partial charge < -0.3 is 9.47 Å². The average Bonchev–Trinajstić information content (AvgIpc) is 3.19. The molecule has 10 nitrogen and oxygen atoms in total. The van der Waals surface area contributed by atoms with Crippen LogP contribution in [0.2, 0.25) is 0 Å². The van der Waals surface area contributed by atoms with Crippen LogP contribution in [-0.4, -0.2) is 21.7 Å². The molecule has 0 spiro atoms. The van der Waals surface area contributed by atoms with E-state index in [9.17, 15) is 38.2 Å². The summed E-state index contributed by atoms with van der Waals surface area (Å²) in [5.41, 5.74) is -3.33. The molecule has 182 valence electrons. The number of nitrogens with zero attached hydrogens (tertiary/aromatic N) is 3. The van der Waals surface area contributed by atoms with E-state index in [2.05, 4.69) is 4.99 Å². The quantitative estimate of drug-likeness (QED) is 0.185. The van der Waals surface area contributed by atoms with E-state index in [0.717, 1.165) is 0 Å². The summed E-state index contributed by atoms with van der Waals surface area (Å²) in [5.74, 6) is -2.17. The second-order valence-electron chi connectivity index (χ2n) is 7.23. The standard InChI is InChI=1S/C23H12F3N3O7/c24-23(25,26)17-11-15(28(31)32)12-19(29(33)34)20(17)35-16-8-4-5-13(9-16)10-18-22(30)36-21(27-18)14-6-2-1-3-7-14/h1-12H. The van der Waals surface area contributed by atoms with Crippen LogP contribution in [0.25, 0.3) is 6.08 Å². The molecule has 3 aromatic rings. The van der Waals surface area contributed by atoms with Crippen molar-refractivity contribution in [3.05, 3.63) is 109 Å². The summed E-state index contributed by atoms with van der Waals surface area (Å²) in [5, 5.41) is 22.4. The maximum atomic E-state index is 13.6. The van der Waals surface area contributed by atoms with Gasteiger partial charge in [-0.2, -0.15) is 13.2 Å². The molecule has 1 aliphatic heterocycles. The number of carbonyl (C=O) groups is 1. The Kier molecular flexibility index (Phi) is 6.21. The molecule has 0 saturated heterocycles. The minimum absolute atomic E-state index is 0.0654. The van der Waals surface area contributed by atoms with Crippen LogP contribution in [0.3, 0.4) is 0 Å². The summed E-state index contributed by atoms with van der Waals surface area (Å²) >= 11 is 0. The van der Waals surface area contributed by atoms with E-state index in [-0.39, 0.29) is 29.0 Å². The van der Waals surface area contributed by atoms with Gasteiger partial charge in [-0.15, -0.1) is 0 Å². The topological polar surface area (TPSA) is 134 Å². The third-order valence-electron chi connectivity index (χ3n) is 4.79. The Bertz CT molecular complexity index is 1450. The summed E-state index contributed by atoms with van der Waals surface area (Å²) in [7, 11) is 0. The number of carbonyl (C=O) groups excluding carboxylic acids is 1. The number of aliphatic imine (C=N–C) groups is 1. The van der Waals surface area contributed by atoms with Crippen molar-refractivity contribution in [2.24, 2.45) is 4.99 Å². The first-order valence-corrected chi connectivity index (χ1v) is 9.93. The number of alkyl halides is 3. The molecule has 0 radical (unpaired) electrons. The summed E-state index contributed by atoms with van der Waals surface area (Å²) in [6.07, 6.45) is -3.90. The number of hydrogen-bond acceptors (Lipinski definition) is 8. The van der Waals surface area contributed by atoms with Gasteiger partial charge in [0.1, 0.15) is 11.3 Å². The van der Waals surface area contributed by atoms with Gasteiger partial charge in [-0.3, -0.25) is 20.2 Å². The monoisotopic (exact) mass is 499 g/mol. The van der Waals surface area contributed by atoms with Crippen molar-refractivity contribution in [1.82, 2.24) is 0 Å². The van der Waals surface area contributed by atoms with Gasteiger partial charge in [0, 0.05) is 11.6 Å². The highest BCUT2D eigenvalue weighted by Gasteiger charge is 2.41. The zero-order valence-electron chi connectivity index (χ0n) is 17.8. The molecule has 4 rings (SSSR count). The number of hydrogen-bond donors (Lipinski definition) is 0. The van der Waals surface area contributed by atoms with Crippen molar-refractivity contribution in [1.29, 1.82) is 0 Å². The van der Waals surface area contributed by atoms with Gasteiger partial charge in [-0.25, -0.2) is 9.79 Å². The SMILES string of the molecule is O=C1OC(c2ccccc2)=NC1=Cc1cccc(Oc2c([N+](=O)[O-])cc([N+](=O)[O-])cc2C(F)(F)F)c1. The number of rotatable bonds is 6. The predicted octanol–water partition coefficient (Wildman–Crippen LogP) is 5.66. The number of esters is 1. The lowest BCUT2D eigenvalue weighted by Gasteiger charge is -2.14. The molecule has 0 unspecified atom stereocenters. The van der Waals surface area contributed by atoms with Gasteiger partial charge in [0.05, 0.1) is 15.9 Å². The number of cyclic esters (lactones) is 1. The van der Waals surface area contributed by atoms with Crippen LogP contribution in [-0.2, 0) is 15.7 Å². The molecule has 0 bridgehead atoms. The predicted molar refractivity (Wildman–Crippen MR) is 118 cm³/mol. The molecule has 1 aliphatic rings. The second-order valence-corrected chi connectivity index (χ2v) is 7.23. The van der Waals surface area contributed by atoms with Crippen LogP contribution in [0.4, 0.5) is 24.5 Å². The van der Waals surface area contributed by atoms with E-state index >= 15 is 0 Å². The number of ether oxygens (including phenoxy) is 2. The van der Waals surface area contributed by atoms with Crippen molar-refractivity contribution in [3.63, 3.8) is 0 Å². The van der Waals surface area contributed by atoms with E-state index in [4.69, 9.17) is 9.47 Å². The Labute approximate surface area is 199 Å². The van der Waals surface area contributed by atoms with Crippen molar-refractivity contribution in [2.45, 2.75) is 6.18 Å². The van der Waals surface area contributed by atoms with E-state index in [1.54, 1.807) is 30.3 Å². The smallest absolute Gasteiger partial charge is 0.420 e. The van der Waals surface area contributed by atoms with Crippen molar-refractivity contribution in [2.75, 3.05) is 0 Å². The normalized spacial score (nSPS) is 14.4. The maximum absolute atomic E-state index is 13.6. The molecule has 1 heterocycles. The molecule has 0 amide bonds. The van der Waals surface area contributed by atoms with Crippen LogP contribution in [0.15, 0.2) is 77.4 Å². The lowest BCUT2D eigenvalue weighted by atomic mass is 10.1. The van der Waals surface area contributed by atoms with Crippen LogP contribution in [0.5, 0.6) is 11.5 Å². The number of non-ortho nitro benzene ring substituents is 1. The van der Waals surface area contributed by atoms with Crippen LogP contribution in [0.1, 0.15) is 16.7 Å². The molecule has 0 N–H and O–H groups in total. The number of benzene rings is 3. The fourth-order valence-corrected chi connectivity index (χ4v) is 3.21. The van der Waals surface area contributed by atoms with E-state index in [1.807, 2.05) is 0 Å². The fraction of sp³-hybridized carbons (Fsp3) is 0.0435. The molecule has 13 heteroatoms. The highest BCUT2D eigenvalue weighted by molar-refractivity contribution is 6.12. The lowest BCUT2D eigenvalue weighted by Crippen LogP contribution is -2.10. The van der Waals surface area contributed by atoms with E-state index < -0.39 is 44.7 Å². The third kappa shape index (κ3) is 5.04. The number of nitro benzene ring substituents is 2. The molecule has 0 aromatic heterocycles. The molecular formula is C23H12F3N3O7. The van der Waals surface area contributed by atoms with Crippen LogP contribution >= 0.6 is 0 Å². The zero-order valence-corrected chi connectivity index (χ0v) is 17.8. The first-order chi connectivity index (χ1) is 17.0. The summed E-state index contributed by atoms with van der Waals surface area (Å²) < 4.78 is 51.2. The van der Waals surface area contributed by atoms with Crippen molar-refractivity contribution in [3.8, 4) is 11.5 Å². The first-order valence-electron chi connectivity index (χ1n) is 9.93. The molecule has 3 aromatic carbocycles. The Hall–Kier alpha value is -5.07. The van der Waals surface area contributed by atoms with Gasteiger partial charge in [0.2, 0.25) is 11.6 Å². The summed E-state index contributed by atoms with van der Waals surface area (Å²) in [6.45, 7) is 0. The summed E-state index contributed by atoms with van der Waals surface area (Å²) in [6, 6.07) is 14.4. The molecule has 0 atom stereocenters. The van der Waals surface area contributed by atoms with Gasteiger partial charge >= 0.3 is 17.8 Å². The van der Waals surface area contributed by atoms with Crippen LogP contribution < -0.4 is 4.74 Å². The van der Waals surface area contributed by atoms with E-state index in [1.165, 1.54) is 30.3 Å². The van der Waals surface area contributed by atoms with Gasteiger partial charge in [-0.05, 0) is 35.9 Å². The lowest BCUT2D eigenvalue weighted by molar-refractivity contribution is -0.395. The molecule has 0 saturated carbocycles. The molecule has 0 aliphatic carbocycles. The third-order valence-corrected chi connectivity index (χ3v) is 4.79. The maximum Gasteiger partial charge on any atom is 0.420 e. The Balaban J connectivity index is 1.72. The minimum atomic E-state index is -5.19. The number of nitro groups is 2. The highest BCUT2D eigenvalue weighted by Crippen LogP contribution is 2.45. The molecule has 0 fully saturated rings. The summed E-state index contributed by atoms with van der Waals surface area (Å²) in [4.78, 5) is 36.3. The van der Waals surface area contributed by atoms with Crippen LogP contribution in [0, 0.1) is 20.2 Å². The minimum Gasteiger partial charge on any atom is -0.449 e. The van der Waals surface area contributed by atoms with Gasteiger partial charge in [0.25, 0.3) is 5.69 Å². The highest BCUT2D eigenvalue weighted by atomic mass is 19.4. The fourth-order valence-electron chi connectivity index (χ4n) is 3.21. The Morgan fingerprint density at radius 2 is 1.67 bits per heavy atom. The molecular weight excluding hydrogens is 487 g/mol. The Morgan fingerprint density at radius 1 is 0.944 bits per heavy atom. The molecule has 36 heavy (non-hydrogen) atoms. The largest absolute Gasteiger partial charge is 0.449 e.